The Morgan fingerprint density at radius 3 is 2.66 bits per heavy atom. The van der Waals surface area contributed by atoms with Gasteiger partial charge in [0.15, 0.2) is 0 Å². The molecule has 1 fully saturated rings. The van der Waals surface area contributed by atoms with Gasteiger partial charge in [-0.05, 0) is 23.6 Å². The number of aryl methyl sites for hydroxylation is 1. The van der Waals surface area contributed by atoms with E-state index in [0.717, 1.165) is 26.0 Å². The van der Waals surface area contributed by atoms with E-state index in [-0.39, 0.29) is 0 Å². The molecule has 0 spiro atoms. The molecule has 4 N–H and O–H groups in total. The summed E-state index contributed by atoms with van der Waals surface area (Å²) in [5.41, 5.74) is 2.78. The molecule has 9 heteroatoms. The number of aromatic nitrogens is 2. The Labute approximate surface area is 175 Å². The van der Waals surface area contributed by atoms with E-state index >= 15 is 0 Å². The van der Waals surface area contributed by atoms with Crippen molar-refractivity contribution in [2.24, 2.45) is 0 Å². The molecule has 2 aromatic heterocycles. The number of aliphatic hydroxyl groups is 4. The number of aliphatic hydroxyl groups excluding tert-OH is 4. The first-order valence-electron chi connectivity index (χ1n) is 9.22. The summed E-state index contributed by atoms with van der Waals surface area (Å²) in [6, 6.07) is 5.68. The summed E-state index contributed by atoms with van der Waals surface area (Å²) < 4.78 is 5.68. The molecule has 5 atom stereocenters. The third-order valence-electron chi connectivity index (χ3n) is 5.13. The molecule has 0 bridgehead atoms. The fraction of sp³-hybridized carbons (Fsp3) is 0.400. The Morgan fingerprint density at radius 1 is 1.10 bits per heavy atom. The molecular formula is C20H22N2O5S2. The summed E-state index contributed by atoms with van der Waals surface area (Å²) in [6.07, 6.45) is -1.60. The number of hydrogen-bond acceptors (Lipinski definition) is 9. The Bertz CT molecular complexity index is 960. The molecule has 0 unspecified atom stereocenters. The summed E-state index contributed by atoms with van der Waals surface area (Å²) in [7, 11) is 0. The van der Waals surface area contributed by atoms with Crippen LogP contribution in [0.15, 0.2) is 36.0 Å². The Morgan fingerprint density at radius 2 is 1.93 bits per heavy atom. The number of benzene rings is 1. The van der Waals surface area contributed by atoms with Gasteiger partial charge in [0, 0.05) is 24.2 Å². The van der Waals surface area contributed by atoms with Gasteiger partial charge in [-0.3, -0.25) is 0 Å². The van der Waals surface area contributed by atoms with Crippen LogP contribution in [-0.2, 0) is 11.2 Å². The topological polar surface area (TPSA) is 116 Å². The summed E-state index contributed by atoms with van der Waals surface area (Å²) in [5, 5.41) is 43.7. The SMILES string of the molecule is Cc1ccc([C@@H]2O[C@H](CO)[C@@H](O)[C@H](O)[C@H]2O)cc1Cc1ncc(-c2nccs2)s1. The summed E-state index contributed by atoms with van der Waals surface area (Å²) in [6.45, 7) is 1.56. The molecule has 0 saturated carbocycles. The van der Waals surface area contributed by atoms with Crippen LogP contribution in [0.2, 0.25) is 0 Å². The van der Waals surface area contributed by atoms with Crippen LogP contribution in [0.3, 0.4) is 0 Å². The Hall–Kier alpha value is -1.72. The van der Waals surface area contributed by atoms with Crippen molar-refractivity contribution in [3.8, 4) is 9.88 Å². The van der Waals surface area contributed by atoms with Crippen LogP contribution in [0.25, 0.3) is 9.88 Å². The second-order valence-corrected chi connectivity index (χ2v) is 9.08. The molecule has 0 amide bonds. The third kappa shape index (κ3) is 4.13. The van der Waals surface area contributed by atoms with Gasteiger partial charge in [0.25, 0.3) is 0 Å². The lowest BCUT2D eigenvalue weighted by Crippen LogP contribution is -2.55. The molecule has 0 radical (unpaired) electrons. The average Bonchev–Trinajstić information content (AvgIpc) is 3.40. The Kier molecular flexibility index (Phi) is 6.07. The van der Waals surface area contributed by atoms with E-state index in [4.69, 9.17) is 4.74 Å². The quantitative estimate of drug-likeness (QED) is 0.483. The van der Waals surface area contributed by atoms with Crippen molar-refractivity contribution in [2.75, 3.05) is 6.61 Å². The Balaban J connectivity index is 1.58. The smallest absolute Gasteiger partial charge is 0.134 e. The minimum atomic E-state index is -1.39. The van der Waals surface area contributed by atoms with Crippen LogP contribution in [-0.4, -0.2) is 61.4 Å². The highest BCUT2D eigenvalue weighted by atomic mass is 32.1. The van der Waals surface area contributed by atoms with E-state index in [1.165, 1.54) is 0 Å². The zero-order valence-corrected chi connectivity index (χ0v) is 17.3. The molecule has 7 nitrogen and oxygen atoms in total. The van der Waals surface area contributed by atoms with Gasteiger partial charge in [-0.1, -0.05) is 18.2 Å². The second-order valence-electron chi connectivity index (χ2n) is 7.07. The van der Waals surface area contributed by atoms with E-state index in [1.807, 2.05) is 36.7 Å². The normalized spacial score (nSPS) is 27.3. The van der Waals surface area contributed by atoms with Crippen LogP contribution >= 0.6 is 22.7 Å². The average molecular weight is 435 g/mol. The highest BCUT2D eigenvalue weighted by Gasteiger charge is 2.43. The first kappa shape index (κ1) is 20.5. The van der Waals surface area contributed by atoms with E-state index in [9.17, 15) is 20.4 Å². The maximum atomic E-state index is 10.4. The number of hydrogen-bond donors (Lipinski definition) is 4. The van der Waals surface area contributed by atoms with E-state index < -0.39 is 37.1 Å². The van der Waals surface area contributed by atoms with Crippen LogP contribution in [0, 0.1) is 6.92 Å². The molecule has 3 aromatic rings. The van der Waals surface area contributed by atoms with Crippen molar-refractivity contribution in [3.63, 3.8) is 0 Å². The van der Waals surface area contributed by atoms with Crippen molar-refractivity contribution >= 4 is 22.7 Å². The molecule has 154 valence electrons. The van der Waals surface area contributed by atoms with Gasteiger partial charge in [-0.2, -0.15) is 0 Å². The molecule has 29 heavy (non-hydrogen) atoms. The minimum Gasteiger partial charge on any atom is -0.394 e. The van der Waals surface area contributed by atoms with Gasteiger partial charge in [-0.15, -0.1) is 22.7 Å². The fourth-order valence-electron chi connectivity index (χ4n) is 3.43. The molecule has 1 aliphatic heterocycles. The summed E-state index contributed by atoms with van der Waals surface area (Å²) in [5.74, 6) is 0. The zero-order valence-electron chi connectivity index (χ0n) is 15.7. The molecule has 0 aliphatic carbocycles. The number of nitrogens with zero attached hydrogens (tertiary/aromatic N) is 2. The van der Waals surface area contributed by atoms with Gasteiger partial charge in [0.2, 0.25) is 0 Å². The van der Waals surface area contributed by atoms with Gasteiger partial charge in [-0.25, -0.2) is 9.97 Å². The highest BCUT2D eigenvalue weighted by molar-refractivity contribution is 7.20. The number of thiazole rings is 2. The van der Waals surface area contributed by atoms with Gasteiger partial charge in [0.1, 0.15) is 35.5 Å². The van der Waals surface area contributed by atoms with E-state index in [1.54, 1.807) is 28.9 Å². The van der Waals surface area contributed by atoms with E-state index in [0.29, 0.717) is 12.0 Å². The van der Waals surface area contributed by atoms with E-state index in [2.05, 4.69) is 9.97 Å². The van der Waals surface area contributed by atoms with Crippen LogP contribution in [0.4, 0.5) is 0 Å². The van der Waals surface area contributed by atoms with Gasteiger partial charge < -0.3 is 25.2 Å². The third-order valence-corrected chi connectivity index (χ3v) is 7.07. The first-order chi connectivity index (χ1) is 14.0. The van der Waals surface area contributed by atoms with Crippen LogP contribution < -0.4 is 0 Å². The second kappa shape index (κ2) is 8.57. The highest BCUT2D eigenvalue weighted by Crippen LogP contribution is 2.34. The van der Waals surface area contributed by atoms with Crippen LogP contribution in [0.5, 0.6) is 0 Å². The van der Waals surface area contributed by atoms with Crippen molar-refractivity contribution in [1.82, 2.24) is 9.97 Å². The minimum absolute atomic E-state index is 0.446. The fourth-order valence-corrected chi connectivity index (χ4v) is 5.08. The van der Waals surface area contributed by atoms with Gasteiger partial charge >= 0.3 is 0 Å². The first-order valence-corrected chi connectivity index (χ1v) is 10.9. The number of ether oxygens (including phenoxy) is 1. The summed E-state index contributed by atoms with van der Waals surface area (Å²) in [4.78, 5) is 9.85. The molecule has 1 aromatic carbocycles. The zero-order chi connectivity index (χ0) is 20.5. The molecule has 1 saturated heterocycles. The molecule has 3 heterocycles. The predicted molar refractivity (Wildman–Crippen MR) is 110 cm³/mol. The largest absolute Gasteiger partial charge is 0.394 e. The maximum absolute atomic E-state index is 10.4. The van der Waals surface area contributed by atoms with Crippen molar-refractivity contribution in [2.45, 2.75) is 43.9 Å². The lowest BCUT2D eigenvalue weighted by molar-refractivity contribution is -0.231. The maximum Gasteiger partial charge on any atom is 0.134 e. The van der Waals surface area contributed by atoms with Crippen molar-refractivity contribution < 1.29 is 25.2 Å². The molecule has 4 rings (SSSR count). The lowest BCUT2D eigenvalue weighted by atomic mass is 9.89. The van der Waals surface area contributed by atoms with Crippen molar-refractivity contribution in [1.29, 1.82) is 0 Å². The lowest BCUT2D eigenvalue weighted by Gasteiger charge is -2.40. The van der Waals surface area contributed by atoms with Crippen molar-refractivity contribution in [3.05, 3.63) is 57.7 Å². The standard InChI is InChI=1S/C20H22N2O5S2/c1-10-2-3-11(19-18(26)17(25)16(24)13(9-23)27-19)6-12(10)7-15-22-8-14(29-15)20-21-4-5-28-20/h2-6,8,13,16-19,23-26H,7,9H2,1H3/t13-,16-,17+,18-,19+/m1/s1. The van der Waals surface area contributed by atoms with Crippen LogP contribution in [0.1, 0.15) is 27.8 Å². The number of rotatable bonds is 5. The molecule has 1 aliphatic rings. The van der Waals surface area contributed by atoms with Gasteiger partial charge in [0.05, 0.1) is 16.5 Å². The summed E-state index contributed by atoms with van der Waals surface area (Å²) >= 11 is 3.16. The molecular weight excluding hydrogens is 412 g/mol. The predicted octanol–water partition coefficient (Wildman–Crippen LogP) is 1.68. The monoisotopic (exact) mass is 434 g/mol.